The van der Waals surface area contributed by atoms with Gasteiger partial charge in [-0.05, 0) is 24.2 Å². The molecule has 0 bridgehead atoms. The minimum atomic E-state index is 0.385. The van der Waals surface area contributed by atoms with Crippen molar-refractivity contribution in [2.45, 2.75) is 13.0 Å². The number of hydrogen-bond acceptors (Lipinski definition) is 3. The quantitative estimate of drug-likeness (QED) is 0.716. The van der Waals surface area contributed by atoms with Gasteiger partial charge >= 0.3 is 0 Å². The van der Waals surface area contributed by atoms with Gasteiger partial charge in [-0.2, -0.15) is 0 Å². The summed E-state index contributed by atoms with van der Waals surface area (Å²) >= 11 is 5.69. The van der Waals surface area contributed by atoms with Crippen LogP contribution in [0.3, 0.4) is 0 Å². The third kappa shape index (κ3) is 1.96. The van der Waals surface area contributed by atoms with Crippen LogP contribution < -0.4 is 11.5 Å². The van der Waals surface area contributed by atoms with Gasteiger partial charge in [-0.15, -0.1) is 0 Å². The predicted octanol–water partition coefficient (Wildman–Crippen LogP) is 0.893. The monoisotopic (exact) mass is 174 g/mol. The summed E-state index contributed by atoms with van der Waals surface area (Å²) in [5.41, 5.74) is 11.6. The Balaban J connectivity index is 2.77. The molecule has 1 aromatic heterocycles. The Morgan fingerprint density at radius 1 is 1.45 bits per heavy atom. The molecule has 0 saturated carbocycles. The summed E-state index contributed by atoms with van der Waals surface area (Å²) < 4.78 is 5.15. The highest BCUT2D eigenvalue weighted by atomic mass is 35.5. The topological polar surface area (TPSA) is 65.2 Å². The Morgan fingerprint density at radius 2 is 2.18 bits per heavy atom. The van der Waals surface area contributed by atoms with E-state index in [1.165, 1.54) is 0 Å². The third-order valence-corrected chi connectivity index (χ3v) is 1.74. The number of nitrogens with two attached hydrogens (primary N) is 2. The maximum absolute atomic E-state index is 5.69. The van der Waals surface area contributed by atoms with Crippen molar-refractivity contribution in [3.63, 3.8) is 0 Å². The zero-order chi connectivity index (χ0) is 8.27. The first-order valence-electron chi connectivity index (χ1n) is 3.45. The minimum absolute atomic E-state index is 0.385. The van der Waals surface area contributed by atoms with Crippen LogP contribution in [0.25, 0.3) is 0 Å². The van der Waals surface area contributed by atoms with Crippen molar-refractivity contribution in [1.29, 1.82) is 0 Å². The van der Waals surface area contributed by atoms with Gasteiger partial charge in [0.2, 0.25) is 0 Å². The van der Waals surface area contributed by atoms with Gasteiger partial charge in [-0.1, -0.05) is 0 Å². The lowest BCUT2D eigenvalue weighted by Gasteiger charge is -1.87. The average molecular weight is 175 g/mol. The van der Waals surface area contributed by atoms with Crippen molar-refractivity contribution in [3.05, 3.63) is 22.6 Å². The van der Waals surface area contributed by atoms with Crippen LogP contribution in [-0.4, -0.2) is 6.54 Å². The van der Waals surface area contributed by atoms with Gasteiger partial charge in [-0.25, -0.2) is 0 Å². The van der Waals surface area contributed by atoms with Crippen LogP contribution in [0.1, 0.15) is 11.3 Å². The molecule has 0 radical (unpaired) electrons. The SMILES string of the molecule is NCCc1cc(CN)c(Cl)o1. The van der Waals surface area contributed by atoms with Gasteiger partial charge in [0, 0.05) is 18.5 Å². The van der Waals surface area contributed by atoms with Crippen LogP contribution in [-0.2, 0) is 13.0 Å². The number of hydrogen-bond donors (Lipinski definition) is 2. The largest absolute Gasteiger partial charge is 0.449 e. The van der Waals surface area contributed by atoms with Gasteiger partial charge in [0.05, 0.1) is 0 Å². The first-order valence-corrected chi connectivity index (χ1v) is 3.83. The summed E-state index contributed by atoms with van der Waals surface area (Å²) in [6.45, 7) is 0.973. The molecule has 0 atom stereocenters. The molecule has 0 aromatic carbocycles. The molecular weight excluding hydrogens is 164 g/mol. The van der Waals surface area contributed by atoms with Crippen LogP contribution >= 0.6 is 11.6 Å². The fraction of sp³-hybridized carbons (Fsp3) is 0.429. The van der Waals surface area contributed by atoms with Gasteiger partial charge in [0.1, 0.15) is 5.76 Å². The summed E-state index contributed by atoms with van der Waals surface area (Å²) in [6, 6.07) is 1.84. The highest BCUT2D eigenvalue weighted by Gasteiger charge is 2.05. The Labute approximate surface area is 70.3 Å². The lowest BCUT2D eigenvalue weighted by molar-refractivity contribution is 0.511. The van der Waals surface area contributed by atoms with Crippen molar-refractivity contribution < 1.29 is 4.42 Å². The molecule has 0 saturated heterocycles. The summed E-state index contributed by atoms with van der Waals surface area (Å²) in [5, 5.41) is 0.385. The van der Waals surface area contributed by atoms with Gasteiger partial charge in [-0.3, -0.25) is 0 Å². The van der Waals surface area contributed by atoms with E-state index in [0.29, 0.717) is 24.7 Å². The average Bonchev–Trinajstić information content (AvgIpc) is 2.32. The Kier molecular flexibility index (Phi) is 2.93. The lowest BCUT2D eigenvalue weighted by Crippen LogP contribution is -2.01. The van der Waals surface area contributed by atoms with E-state index >= 15 is 0 Å². The van der Waals surface area contributed by atoms with Gasteiger partial charge in [0.25, 0.3) is 0 Å². The molecule has 0 unspecified atom stereocenters. The second-order valence-corrected chi connectivity index (χ2v) is 2.60. The molecule has 0 fully saturated rings. The molecule has 0 aliphatic heterocycles. The van der Waals surface area contributed by atoms with Crippen molar-refractivity contribution in [2.75, 3.05) is 6.54 Å². The lowest BCUT2D eigenvalue weighted by atomic mass is 10.3. The van der Waals surface area contributed by atoms with E-state index in [2.05, 4.69) is 0 Å². The highest BCUT2D eigenvalue weighted by Crippen LogP contribution is 2.20. The predicted molar refractivity (Wildman–Crippen MR) is 44.4 cm³/mol. The summed E-state index contributed by atoms with van der Waals surface area (Å²) in [7, 11) is 0. The molecule has 3 nitrogen and oxygen atoms in total. The number of furan rings is 1. The van der Waals surface area contributed by atoms with E-state index < -0.39 is 0 Å². The maximum Gasteiger partial charge on any atom is 0.197 e. The second kappa shape index (κ2) is 3.76. The van der Waals surface area contributed by atoms with Crippen LogP contribution in [0.2, 0.25) is 5.22 Å². The zero-order valence-corrected chi connectivity index (χ0v) is 6.90. The van der Waals surface area contributed by atoms with E-state index in [-0.39, 0.29) is 0 Å². The first-order chi connectivity index (χ1) is 5.27. The van der Waals surface area contributed by atoms with E-state index in [1.54, 1.807) is 0 Å². The molecule has 4 heteroatoms. The molecule has 4 N–H and O–H groups in total. The summed E-state index contributed by atoms with van der Waals surface area (Å²) in [6.07, 6.45) is 0.708. The number of halogens is 1. The van der Waals surface area contributed by atoms with Crippen LogP contribution in [0, 0.1) is 0 Å². The third-order valence-electron chi connectivity index (χ3n) is 1.42. The van der Waals surface area contributed by atoms with E-state index in [9.17, 15) is 0 Å². The normalized spacial score (nSPS) is 10.5. The summed E-state index contributed by atoms with van der Waals surface area (Å²) in [5.74, 6) is 0.804. The first kappa shape index (κ1) is 8.59. The van der Waals surface area contributed by atoms with Crippen molar-refractivity contribution in [2.24, 2.45) is 11.5 Å². The zero-order valence-electron chi connectivity index (χ0n) is 6.14. The molecule has 0 aliphatic rings. The molecule has 1 rings (SSSR count). The molecule has 1 heterocycles. The molecule has 0 aliphatic carbocycles. The molecule has 0 spiro atoms. The van der Waals surface area contributed by atoms with Crippen LogP contribution in [0.5, 0.6) is 0 Å². The highest BCUT2D eigenvalue weighted by molar-refractivity contribution is 6.29. The number of rotatable bonds is 3. The molecule has 62 valence electrons. The maximum atomic E-state index is 5.69. The van der Waals surface area contributed by atoms with E-state index in [4.69, 9.17) is 27.5 Å². The fourth-order valence-corrected chi connectivity index (χ4v) is 1.10. The van der Waals surface area contributed by atoms with Crippen LogP contribution in [0.4, 0.5) is 0 Å². The van der Waals surface area contributed by atoms with Gasteiger partial charge in [0.15, 0.2) is 5.22 Å². The standard InChI is InChI=1S/C7H11ClN2O/c8-7-5(4-10)3-6(11-7)1-2-9/h3H,1-2,4,9-10H2. The van der Waals surface area contributed by atoms with Crippen molar-refractivity contribution >= 4 is 11.6 Å². The smallest absolute Gasteiger partial charge is 0.197 e. The van der Waals surface area contributed by atoms with Crippen LogP contribution in [0.15, 0.2) is 10.5 Å². The van der Waals surface area contributed by atoms with Crippen molar-refractivity contribution in [3.8, 4) is 0 Å². The minimum Gasteiger partial charge on any atom is -0.449 e. The molecule has 1 aromatic rings. The van der Waals surface area contributed by atoms with Gasteiger partial charge < -0.3 is 15.9 Å². The second-order valence-electron chi connectivity index (χ2n) is 2.25. The molecule has 0 amide bonds. The van der Waals surface area contributed by atoms with E-state index in [1.807, 2.05) is 6.07 Å². The Morgan fingerprint density at radius 3 is 2.64 bits per heavy atom. The molecule has 11 heavy (non-hydrogen) atoms. The Hall–Kier alpha value is -0.510. The summed E-state index contributed by atoms with van der Waals surface area (Å²) in [4.78, 5) is 0. The fourth-order valence-electron chi connectivity index (χ4n) is 0.866. The van der Waals surface area contributed by atoms with E-state index in [0.717, 1.165) is 11.3 Å². The molecular formula is C7H11ClN2O. The Bertz CT molecular complexity index is 234. The van der Waals surface area contributed by atoms with Crippen molar-refractivity contribution in [1.82, 2.24) is 0 Å².